The Hall–Kier alpha value is -3.48. The summed E-state index contributed by atoms with van der Waals surface area (Å²) in [5.41, 5.74) is 3.55. The molecule has 0 fully saturated rings. The van der Waals surface area contributed by atoms with Crippen LogP contribution in [0.25, 0.3) is 0 Å². The van der Waals surface area contributed by atoms with E-state index in [2.05, 4.69) is 5.32 Å². The molecular weight excluding hydrogens is 394 g/mol. The Labute approximate surface area is 182 Å². The molecule has 0 unspecified atom stereocenters. The lowest BCUT2D eigenvalue weighted by Crippen LogP contribution is -2.35. The Morgan fingerprint density at radius 2 is 1.74 bits per heavy atom. The van der Waals surface area contributed by atoms with Crippen molar-refractivity contribution in [3.05, 3.63) is 64.2 Å². The monoisotopic (exact) mass is 421 g/mol. The van der Waals surface area contributed by atoms with E-state index in [0.29, 0.717) is 17.8 Å². The van der Waals surface area contributed by atoms with E-state index in [1.54, 1.807) is 0 Å². The first-order chi connectivity index (χ1) is 14.7. The largest absolute Gasteiger partial charge is 0.332 e. The van der Waals surface area contributed by atoms with Crippen LogP contribution >= 0.6 is 0 Å². The summed E-state index contributed by atoms with van der Waals surface area (Å²) in [6.07, 6.45) is 1.60. The van der Waals surface area contributed by atoms with Crippen LogP contribution in [0.3, 0.4) is 0 Å². The summed E-state index contributed by atoms with van der Waals surface area (Å²) in [4.78, 5) is 52.9. The minimum absolute atomic E-state index is 0.140. The molecular formula is C24H27N3O4. The molecule has 7 nitrogen and oxygen atoms in total. The van der Waals surface area contributed by atoms with Crippen LogP contribution in [-0.2, 0) is 4.79 Å². The van der Waals surface area contributed by atoms with Gasteiger partial charge in [0, 0.05) is 24.8 Å². The summed E-state index contributed by atoms with van der Waals surface area (Å²) in [7, 11) is 1.53. The van der Waals surface area contributed by atoms with E-state index >= 15 is 0 Å². The molecule has 0 aromatic heterocycles. The summed E-state index contributed by atoms with van der Waals surface area (Å²) in [6.45, 7) is 6.10. The zero-order chi connectivity index (χ0) is 22.7. The van der Waals surface area contributed by atoms with Gasteiger partial charge in [-0.25, -0.2) is 0 Å². The molecule has 4 amide bonds. The maximum absolute atomic E-state index is 12.8. The van der Waals surface area contributed by atoms with E-state index in [1.807, 2.05) is 39.0 Å². The molecule has 0 spiro atoms. The average Bonchev–Trinajstić information content (AvgIpc) is 2.98. The molecule has 0 aliphatic carbocycles. The number of benzene rings is 2. The van der Waals surface area contributed by atoms with Crippen molar-refractivity contribution in [3.63, 3.8) is 0 Å². The van der Waals surface area contributed by atoms with E-state index in [1.165, 1.54) is 35.0 Å². The number of imide groups is 1. The highest BCUT2D eigenvalue weighted by molar-refractivity contribution is 6.22. The Balaban J connectivity index is 1.70. The molecule has 1 heterocycles. The smallest absolute Gasteiger partial charge is 0.261 e. The number of rotatable bonds is 7. The number of aryl methyl sites for hydroxylation is 1. The number of nitrogens with one attached hydrogen (secondary N) is 1. The highest BCUT2D eigenvalue weighted by atomic mass is 16.2. The molecule has 7 heteroatoms. The van der Waals surface area contributed by atoms with Gasteiger partial charge in [-0.2, -0.15) is 0 Å². The molecule has 1 N–H and O–H groups in total. The second-order valence-electron chi connectivity index (χ2n) is 7.83. The van der Waals surface area contributed by atoms with E-state index in [0.717, 1.165) is 24.0 Å². The summed E-state index contributed by atoms with van der Waals surface area (Å²) in [5, 5.41) is 2.83. The second kappa shape index (κ2) is 9.12. The normalized spacial score (nSPS) is 12.7. The molecule has 2 aromatic rings. The van der Waals surface area contributed by atoms with Crippen LogP contribution < -0.4 is 5.32 Å². The van der Waals surface area contributed by atoms with Gasteiger partial charge in [0.05, 0.1) is 17.7 Å². The molecule has 0 bridgehead atoms. The maximum Gasteiger partial charge on any atom is 0.261 e. The molecule has 0 radical (unpaired) electrons. The van der Waals surface area contributed by atoms with Gasteiger partial charge in [-0.05, 0) is 55.7 Å². The fourth-order valence-corrected chi connectivity index (χ4v) is 3.53. The van der Waals surface area contributed by atoms with Crippen molar-refractivity contribution >= 4 is 29.3 Å². The van der Waals surface area contributed by atoms with Crippen molar-refractivity contribution in [2.75, 3.05) is 25.5 Å². The minimum atomic E-state index is -0.397. The number of carbonyl (C=O) groups excluding carboxylic acids is 4. The molecule has 0 atom stereocenters. The van der Waals surface area contributed by atoms with E-state index in [-0.39, 0.29) is 35.4 Å². The van der Waals surface area contributed by atoms with Crippen LogP contribution in [-0.4, -0.2) is 53.6 Å². The lowest BCUT2D eigenvalue weighted by Gasteiger charge is -2.18. The lowest BCUT2D eigenvalue weighted by atomic mass is 10.0. The quantitative estimate of drug-likeness (QED) is 0.694. The third-order valence-corrected chi connectivity index (χ3v) is 5.56. The summed E-state index contributed by atoms with van der Waals surface area (Å²) < 4.78 is 0. The highest BCUT2D eigenvalue weighted by Crippen LogP contribution is 2.25. The molecule has 0 saturated heterocycles. The molecule has 3 rings (SSSR count). The Morgan fingerprint density at radius 3 is 2.45 bits per heavy atom. The van der Waals surface area contributed by atoms with Crippen molar-refractivity contribution in [1.29, 1.82) is 0 Å². The molecule has 0 saturated carbocycles. The van der Waals surface area contributed by atoms with Crippen molar-refractivity contribution in [2.24, 2.45) is 0 Å². The lowest BCUT2D eigenvalue weighted by molar-refractivity contribution is -0.116. The Kier molecular flexibility index (Phi) is 6.53. The number of anilines is 1. The number of nitrogens with zero attached hydrogens (tertiary/aromatic N) is 2. The van der Waals surface area contributed by atoms with Crippen LogP contribution in [0, 0.1) is 13.8 Å². The fraction of sp³-hybridized carbons (Fsp3) is 0.333. The third kappa shape index (κ3) is 4.50. The zero-order valence-corrected chi connectivity index (χ0v) is 18.3. The van der Waals surface area contributed by atoms with Gasteiger partial charge in [-0.3, -0.25) is 24.1 Å². The first-order valence-electron chi connectivity index (χ1n) is 10.4. The Bertz CT molecular complexity index is 1060. The number of hydrogen-bond donors (Lipinski definition) is 1. The van der Waals surface area contributed by atoms with Crippen LogP contribution in [0.1, 0.15) is 62.0 Å². The second-order valence-corrected chi connectivity index (χ2v) is 7.83. The number of amides is 4. The summed E-state index contributed by atoms with van der Waals surface area (Å²) in [6, 6.07) is 10.1. The van der Waals surface area contributed by atoms with Crippen LogP contribution in [0.2, 0.25) is 0 Å². The van der Waals surface area contributed by atoms with E-state index < -0.39 is 5.91 Å². The number of hydrogen-bond acceptors (Lipinski definition) is 4. The predicted octanol–water partition coefficient (Wildman–Crippen LogP) is 3.41. The van der Waals surface area contributed by atoms with Crippen molar-refractivity contribution in [2.45, 2.75) is 33.6 Å². The fourth-order valence-electron chi connectivity index (χ4n) is 3.53. The Morgan fingerprint density at radius 1 is 1.03 bits per heavy atom. The molecule has 2 aromatic carbocycles. The van der Waals surface area contributed by atoms with Gasteiger partial charge in [0.1, 0.15) is 0 Å². The zero-order valence-electron chi connectivity index (χ0n) is 18.3. The summed E-state index contributed by atoms with van der Waals surface area (Å²) in [5.74, 6) is -1.42. The van der Waals surface area contributed by atoms with Crippen LogP contribution in [0.5, 0.6) is 0 Å². The van der Waals surface area contributed by atoms with Gasteiger partial charge < -0.3 is 10.2 Å². The van der Waals surface area contributed by atoms with Gasteiger partial charge in [0.25, 0.3) is 17.7 Å². The van der Waals surface area contributed by atoms with Crippen LogP contribution in [0.15, 0.2) is 36.4 Å². The first-order valence-corrected chi connectivity index (χ1v) is 10.4. The van der Waals surface area contributed by atoms with E-state index in [4.69, 9.17) is 0 Å². The van der Waals surface area contributed by atoms with Crippen LogP contribution in [0.4, 0.5) is 5.69 Å². The number of carbonyl (C=O) groups is 4. The molecule has 162 valence electrons. The minimum Gasteiger partial charge on any atom is -0.332 e. The highest BCUT2D eigenvalue weighted by Gasteiger charge is 2.35. The van der Waals surface area contributed by atoms with Crippen molar-refractivity contribution in [3.8, 4) is 0 Å². The topological polar surface area (TPSA) is 86.8 Å². The first kappa shape index (κ1) is 22.2. The molecule has 1 aliphatic heterocycles. The van der Waals surface area contributed by atoms with Gasteiger partial charge in [0.2, 0.25) is 5.91 Å². The average molecular weight is 421 g/mol. The number of unbranched alkanes of at least 4 members (excludes halogenated alkanes) is 1. The predicted molar refractivity (Wildman–Crippen MR) is 118 cm³/mol. The van der Waals surface area contributed by atoms with Crippen molar-refractivity contribution in [1.82, 2.24) is 9.80 Å². The third-order valence-electron chi connectivity index (χ3n) is 5.56. The van der Waals surface area contributed by atoms with E-state index in [9.17, 15) is 19.2 Å². The van der Waals surface area contributed by atoms with Gasteiger partial charge >= 0.3 is 0 Å². The van der Waals surface area contributed by atoms with Gasteiger partial charge in [0.15, 0.2) is 0 Å². The standard InChI is InChI=1S/C24H27N3O4/c1-5-6-12-27-23(30)18-11-10-17(13-19(18)24(27)31)22(29)26(4)14-21(28)25-20-9-7-8-15(2)16(20)3/h7-11,13H,5-6,12,14H2,1-4H3,(H,25,28). The molecule has 1 aliphatic rings. The molecule has 31 heavy (non-hydrogen) atoms. The van der Waals surface area contributed by atoms with Crippen molar-refractivity contribution < 1.29 is 19.2 Å². The SMILES string of the molecule is CCCCN1C(=O)c2ccc(C(=O)N(C)CC(=O)Nc3cccc(C)c3C)cc2C1=O. The number of likely N-dealkylation sites (N-methyl/N-ethyl adjacent to an activating group) is 1. The summed E-state index contributed by atoms with van der Waals surface area (Å²) >= 11 is 0. The van der Waals surface area contributed by atoms with Gasteiger partial charge in [-0.15, -0.1) is 0 Å². The number of fused-ring (bicyclic) bond motifs is 1. The maximum atomic E-state index is 12.8. The van der Waals surface area contributed by atoms with Gasteiger partial charge in [-0.1, -0.05) is 25.5 Å².